The lowest BCUT2D eigenvalue weighted by Gasteiger charge is -2.52. The third-order valence-electron chi connectivity index (χ3n) is 8.25. The van der Waals surface area contributed by atoms with Crippen LogP contribution in [-0.4, -0.2) is 92.7 Å². The van der Waals surface area contributed by atoms with E-state index in [2.05, 4.69) is 40.6 Å². The van der Waals surface area contributed by atoms with E-state index in [0.29, 0.717) is 32.3 Å². The quantitative estimate of drug-likeness (QED) is 0.254. The minimum absolute atomic E-state index is 0.248. The maximum Gasteiger partial charge on any atom is 0.410 e. The molecule has 1 aliphatic carbocycles. The second kappa shape index (κ2) is 11.8. The Kier molecular flexibility index (Phi) is 8.47. The Balaban J connectivity index is 1.23. The molecule has 12 heteroatoms. The fourth-order valence-corrected chi connectivity index (χ4v) is 6.57. The molecule has 1 aliphatic heterocycles. The summed E-state index contributed by atoms with van der Waals surface area (Å²) in [5.41, 5.74) is 1.73. The molecule has 0 bridgehead atoms. The zero-order valence-electron chi connectivity index (χ0n) is 25.8. The largest absolute Gasteiger partial charge is 0.444 e. The summed E-state index contributed by atoms with van der Waals surface area (Å²) < 4.78 is 15.5. The van der Waals surface area contributed by atoms with Crippen molar-refractivity contribution in [2.24, 2.45) is 0 Å². The second-order valence-electron chi connectivity index (χ2n) is 13.9. The van der Waals surface area contributed by atoms with Crippen molar-refractivity contribution >= 4 is 25.2 Å². The van der Waals surface area contributed by atoms with E-state index in [1.54, 1.807) is 11.2 Å². The number of carbonyl (C=O) groups excluding carboxylic acids is 1. The third-order valence-corrected chi connectivity index (χ3v) is 9.95. The van der Waals surface area contributed by atoms with Gasteiger partial charge >= 0.3 is 6.09 Å². The zero-order chi connectivity index (χ0) is 30.1. The average Bonchev–Trinajstić information content (AvgIpc) is 3.55. The topological polar surface area (TPSA) is 114 Å². The lowest BCUT2D eigenvalue weighted by molar-refractivity contribution is -0.0268. The van der Waals surface area contributed by atoms with Crippen LogP contribution in [0.5, 0.6) is 0 Å². The van der Waals surface area contributed by atoms with Gasteiger partial charge in [0.05, 0.1) is 29.9 Å². The first-order chi connectivity index (χ1) is 19.9. The molecule has 2 fully saturated rings. The number of nitrogens with zero attached hydrogens (tertiary/aromatic N) is 8. The monoisotopic (exact) mass is 592 g/mol. The van der Waals surface area contributed by atoms with Gasteiger partial charge in [0.15, 0.2) is 0 Å². The Morgan fingerprint density at radius 1 is 1.17 bits per heavy atom. The van der Waals surface area contributed by atoms with Crippen LogP contribution in [-0.2, 0) is 21.7 Å². The molecule has 1 saturated carbocycles. The van der Waals surface area contributed by atoms with E-state index in [1.165, 1.54) is 0 Å². The molecule has 0 radical (unpaired) electrons. The van der Waals surface area contributed by atoms with Crippen LogP contribution in [0.25, 0.3) is 22.3 Å². The van der Waals surface area contributed by atoms with Crippen LogP contribution < -0.4 is 0 Å². The van der Waals surface area contributed by atoms with E-state index in [0.717, 1.165) is 60.9 Å². The van der Waals surface area contributed by atoms with Crippen molar-refractivity contribution < 1.29 is 14.3 Å². The van der Waals surface area contributed by atoms with Gasteiger partial charge in [0.25, 0.3) is 0 Å². The number of piperazine rings is 1. The number of hydrogen-bond acceptors (Lipinski definition) is 8. The van der Waals surface area contributed by atoms with E-state index in [4.69, 9.17) is 14.6 Å². The summed E-state index contributed by atoms with van der Waals surface area (Å²) in [6.45, 7) is 16.8. The van der Waals surface area contributed by atoms with Gasteiger partial charge in [0, 0.05) is 70.2 Å². The lowest BCUT2D eigenvalue weighted by atomic mass is 9.70. The fourth-order valence-electron chi connectivity index (χ4n) is 5.81. The van der Waals surface area contributed by atoms with Crippen molar-refractivity contribution in [1.29, 1.82) is 5.26 Å². The highest BCUT2D eigenvalue weighted by atomic mass is 28.3. The Labute approximate surface area is 249 Å². The molecule has 0 atom stereocenters. The van der Waals surface area contributed by atoms with Gasteiger partial charge in [-0.3, -0.25) is 9.58 Å². The highest BCUT2D eigenvalue weighted by molar-refractivity contribution is 6.76. The predicted molar refractivity (Wildman–Crippen MR) is 163 cm³/mol. The molecular weight excluding hydrogens is 548 g/mol. The minimum Gasteiger partial charge on any atom is -0.444 e. The van der Waals surface area contributed by atoms with Crippen molar-refractivity contribution in [3.63, 3.8) is 0 Å². The van der Waals surface area contributed by atoms with E-state index in [1.807, 2.05) is 54.7 Å². The summed E-state index contributed by atoms with van der Waals surface area (Å²) in [4.78, 5) is 25.8. The van der Waals surface area contributed by atoms with Crippen LogP contribution in [0.2, 0.25) is 25.7 Å². The molecule has 1 amide bonds. The summed E-state index contributed by atoms with van der Waals surface area (Å²) in [5, 5.41) is 15.4. The normalized spacial score (nSPS) is 21.7. The first-order valence-electron chi connectivity index (χ1n) is 14.9. The van der Waals surface area contributed by atoms with Crippen LogP contribution >= 0.6 is 0 Å². The molecule has 11 nitrogen and oxygen atoms in total. The molecule has 0 unspecified atom stereocenters. The summed E-state index contributed by atoms with van der Waals surface area (Å²) in [6.07, 6.45) is 9.30. The number of nitriles is 1. The van der Waals surface area contributed by atoms with E-state index >= 15 is 0 Å². The van der Waals surface area contributed by atoms with Gasteiger partial charge in [-0.15, -0.1) is 0 Å². The Morgan fingerprint density at radius 2 is 1.90 bits per heavy atom. The highest BCUT2D eigenvalue weighted by Gasteiger charge is 2.49. The molecule has 5 rings (SSSR count). The smallest absolute Gasteiger partial charge is 0.410 e. The van der Waals surface area contributed by atoms with Crippen LogP contribution in [0, 0.1) is 11.3 Å². The molecule has 0 spiro atoms. The molecule has 4 heterocycles. The van der Waals surface area contributed by atoms with Crippen molar-refractivity contribution in [3.8, 4) is 17.3 Å². The van der Waals surface area contributed by atoms with E-state index in [9.17, 15) is 10.1 Å². The first kappa shape index (κ1) is 30.2. The molecule has 42 heavy (non-hydrogen) atoms. The first-order valence-corrected chi connectivity index (χ1v) is 18.6. The molecular formula is C30H44N8O3Si. The zero-order valence-corrected chi connectivity index (χ0v) is 26.8. The standard InChI is InChI=1S/C30H44N8O3Si/c1-29(2,3)41-28(39)36-13-11-35(12-14-36)24-17-30(18-24,8-9-31)38-20-23(19-34-38)26-25-7-10-37(27(25)33-21-32-26)22-40-15-16-42(4,5)6/h7,10,19-21,24H,8,11-18,22H2,1-6H3/t24-,30+. The van der Waals surface area contributed by atoms with Crippen LogP contribution in [0.4, 0.5) is 4.79 Å². The van der Waals surface area contributed by atoms with Gasteiger partial charge in [-0.1, -0.05) is 19.6 Å². The maximum absolute atomic E-state index is 12.5. The number of hydrogen-bond donors (Lipinski definition) is 0. The van der Waals surface area contributed by atoms with Crippen LogP contribution in [0.3, 0.4) is 0 Å². The van der Waals surface area contributed by atoms with Gasteiger partial charge in [-0.05, 0) is 45.7 Å². The SMILES string of the molecule is CC(C)(C)OC(=O)N1CCN([C@H]2C[C@@](CC#N)(n3cc(-c4ncnc5c4ccn5COCC[Si](C)(C)C)cn3)C2)CC1. The van der Waals surface area contributed by atoms with Crippen LogP contribution in [0.15, 0.2) is 31.0 Å². The van der Waals surface area contributed by atoms with Gasteiger partial charge in [0.1, 0.15) is 24.3 Å². The molecule has 3 aromatic rings. The predicted octanol–water partition coefficient (Wildman–Crippen LogP) is 4.93. The number of ether oxygens (including phenoxy) is 2. The molecule has 0 N–H and O–H groups in total. The number of rotatable bonds is 9. The van der Waals surface area contributed by atoms with Gasteiger partial charge in [-0.25, -0.2) is 14.8 Å². The molecule has 1 saturated heterocycles. The summed E-state index contributed by atoms with van der Waals surface area (Å²) in [6, 6.07) is 5.91. The van der Waals surface area contributed by atoms with Gasteiger partial charge in [-0.2, -0.15) is 10.4 Å². The third kappa shape index (κ3) is 6.69. The summed E-state index contributed by atoms with van der Waals surface area (Å²) >= 11 is 0. The molecule has 0 aromatic carbocycles. The number of aromatic nitrogens is 5. The highest BCUT2D eigenvalue weighted by Crippen LogP contribution is 2.45. The van der Waals surface area contributed by atoms with Crippen molar-refractivity contribution in [3.05, 3.63) is 31.0 Å². The van der Waals surface area contributed by atoms with Gasteiger partial charge in [0.2, 0.25) is 0 Å². The molecule has 3 aromatic heterocycles. The Morgan fingerprint density at radius 3 is 2.57 bits per heavy atom. The fraction of sp³-hybridized carbons (Fsp3) is 0.633. The maximum atomic E-state index is 12.5. The average molecular weight is 593 g/mol. The summed E-state index contributed by atoms with van der Waals surface area (Å²) in [7, 11) is -1.14. The number of fused-ring (bicyclic) bond motifs is 1. The number of carbonyl (C=O) groups is 1. The van der Waals surface area contributed by atoms with Crippen molar-refractivity contribution in [2.75, 3.05) is 32.8 Å². The van der Waals surface area contributed by atoms with Crippen molar-refractivity contribution in [1.82, 2.24) is 34.1 Å². The van der Waals surface area contributed by atoms with Gasteiger partial charge < -0.3 is 18.9 Å². The lowest BCUT2D eigenvalue weighted by Crippen LogP contribution is -2.60. The van der Waals surface area contributed by atoms with Crippen molar-refractivity contribution in [2.45, 2.75) is 89.6 Å². The Bertz CT molecular complexity index is 1430. The number of amides is 1. The molecule has 2 aliphatic rings. The van der Waals surface area contributed by atoms with E-state index in [-0.39, 0.29) is 11.6 Å². The van der Waals surface area contributed by atoms with E-state index < -0.39 is 13.7 Å². The minimum atomic E-state index is -1.14. The van der Waals surface area contributed by atoms with Crippen LogP contribution in [0.1, 0.15) is 40.0 Å². The Hall–Kier alpha value is -3.27. The second-order valence-corrected chi connectivity index (χ2v) is 19.5. The molecule has 226 valence electrons. The summed E-state index contributed by atoms with van der Waals surface area (Å²) in [5.74, 6) is 0.